The Kier molecular flexibility index (Phi) is 9.10. The lowest BCUT2D eigenvalue weighted by Crippen LogP contribution is -2.23. The van der Waals surface area contributed by atoms with E-state index in [1.165, 1.54) is 37.1 Å². The number of nitrogens with zero attached hydrogens (tertiary/aromatic N) is 2. The number of ether oxygens (including phenoxy) is 3. The van der Waals surface area contributed by atoms with E-state index in [-0.39, 0.29) is 30.4 Å². The van der Waals surface area contributed by atoms with E-state index >= 15 is 0 Å². The average molecular weight is 565 g/mol. The van der Waals surface area contributed by atoms with Crippen molar-refractivity contribution >= 4 is 16.1 Å². The molecule has 0 atom stereocenters. The van der Waals surface area contributed by atoms with Gasteiger partial charge in [0, 0.05) is 18.7 Å². The van der Waals surface area contributed by atoms with Crippen LogP contribution >= 0.6 is 0 Å². The average Bonchev–Trinajstić information content (AvgIpc) is 2.96. The molecule has 0 amide bonds. The fourth-order valence-electron chi connectivity index (χ4n) is 3.83. The molecule has 0 saturated heterocycles. The fourth-order valence-corrected chi connectivity index (χ4v) is 4.72. The van der Waals surface area contributed by atoms with Crippen LogP contribution in [0.1, 0.15) is 27.0 Å². The van der Waals surface area contributed by atoms with Gasteiger partial charge in [0.15, 0.2) is 6.79 Å². The van der Waals surface area contributed by atoms with Crippen LogP contribution in [-0.4, -0.2) is 45.2 Å². The molecule has 1 heterocycles. The third-order valence-electron chi connectivity index (χ3n) is 5.89. The number of hydrogen-bond donors (Lipinski definition) is 0. The Balaban J connectivity index is 1.64. The maximum Gasteiger partial charge on any atom is 0.337 e. The van der Waals surface area contributed by atoms with Crippen LogP contribution in [0.25, 0.3) is 11.3 Å². The summed E-state index contributed by atoms with van der Waals surface area (Å²) in [4.78, 5) is 24.6. The van der Waals surface area contributed by atoms with E-state index in [1.54, 1.807) is 60.7 Å². The second-order valence-electron chi connectivity index (χ2n) is 8.82. The number of hydrogen-bond acceptors (Lipinski definition) is 9. The first-order valence-electron chi connectivity index (χ1n) is 12.2. The molecule has 0 fully saturated rings. The molecular formula is C29H28N2O8S. The summed E-state index contributed by atoms with van der Waals surface area (Å²) < 4.78 is 47.4. The largest absolute Gasteiger partial charge is 0.467 e. The summed E-state index contributed by atoms with van der Waals surface area (Å²) in [6, 6.07) is 21.0. The second kappa shape index (κ2) is 12.7. The van der Waals surface area contributed by atoms with Gasteiger partial charge in [0.1, 0.15) is 5.75 Å². The zero-order valence-electron chi connectivity index (χ0n) is 22.2. The van der Waals surface area contributed by atoms with Crippen LogP contribution in [0, 0.1) is 6.92 Å². The molecule has 4 rings (SSSR count). The van der Waals surface area contributed by atoms with Gasteiger partial charge in [-0.25, -0.2) is 9.48 Å². The van der Waals surface area contributed by atoms with E-state index in [0.29, 0.717) is 33.7 Å². The topological polar surface area (TPSA) is 123 Å². The Labute approximate surface area is 231 Å². The van der Waals surface area contributed by atoms with Crippen LogP contribution in [0.15, 0.2) is 88.6 Å². The van der Waals surface area contributed by atoms with Crippen LogP contribution in [0.4, 0.5) is 0 Å². The highest BCUT2D eigenvalue weighted by Crippen LogP contribution is 2.30. The van der Waals surface area contributed by atoms with Gasteiger partial charge >= 0.3 is 5.97 Å². The number of carbonyl (C=O) groups is 1. The molecule has 4 aromatic rings. The second-order valence-corrected chi connectivity index (χ2v) is 10.4. The quantitative estimate of drug-likeness (QED) is 0.151. The van der Waals surface area contributed by atoms with Gasteiger partial charge in [-0.2, -0.15) is 13.5 Å². The molecule has 0 unspecified atom stereocenters. The molecule has 0 spiro atoms. The molecule has 11 heteroatoms. The summed E-state index contributed by atoms with van der Waals surface area (Å²) in [7, 11) is -1.20. The fraction of sp³-hybridized carbons (Fsp3) is 0.207. The highest BCUT2D eigenvalue weighted by Gasteiger charge is 2.17. The van der Waals surface area contributed by atoms with Crippen LogP contribution in [0.2, 0.25) is 0 Å². The molecule has 0 aliphatic rings. The number of aromatic nitrogens is 2. The van der Waals surface area contributed by atoms with Gasteiger partial charge in [-0.05, 0) is 60.5 Å². The zero-order valence-corrected chi connectivity index (χ0v) is 23.0. The van der Waals surface area contributed by atoms with Crippen molar-refractivity contribution in [1.82, 2.24) is 9.78 Å². The van der Waals surface area contributed by atoms with E-state index < -0.39 is 16.1 Å². The summed E-state index contributed by atoms with van der Waals surface area (Å²) in [5.41, 5.74) is 3.05. The number of benzene rings is 3. The van der Waals surface area contributed by atoms with Crippen LogP contribution in [-0.2, 0) is 36.9 Å². The van der Waals surface area contributed by atoms with Crippen molar-refractivity contribution in [1.29, 1.82) is 0 Å². The van der Waals surface area contributed by atoms with Crippen LogP contribution < -0.4 is 10.3 Å². The highest BCUT2D eigenvalue weighted by molar-refractivity contribution is 7.86. The number of aryl methyl sites for hydroxylation is 1. The number of esters is 1. The standard InChI is InChI=1S/C29H28N2O8S/c1-20-7-10-24(11-8-20)40(34,35)39-18-22-9-13-27(38-19-36-2)25(16-22)26-12-14-28(32)31(30-26)17-21-5-4-6-23(15-21)29(33)37-3/h4-16H,17-19H2,1-3H3. The summed E-state index contributed by atoms with van der Waals surface area (Å²) in [5, 5.41) is 4.52. The normalized spacial score (nSPS) is 11.3. The van der Waals surface area contributed by atoms with Gasteiger partial charge in [-0.15, -0.1) is 0 Å². The molecule has 208 valence electrons. The van der Waals surface area contributed by atoms with Crippen LogP contribution in [0.3, 0.4) is 0 Å². The van der Waals surface area contributed by atoms with Gasteiger partial charge in [0.2, 0.25) is 0 Å². The Bertz CT molecular complexity index is 1660. The SMILES string of the molecule is COCOc1ccc(COS(=O)(=O)c2ccc(C)cc2)cc1-c1ccc(=O)n(Cc2cccc(C(=O)OC)c2)n1. The van der Waals surface area contributed by atoms with Crippen LogP contribution in [0.5, 0.6) is 5.75 Å². The molecule has 0 N–H and O–H groups in total. The zero-order chi connectivity index (χ0) is 28.7. The summed E-state index contributed by atoms with van der Waals surface area (Å²) >= 11 is 0. The molecule has 0 aliphatic carbocycles. The highest BCUT2D eigenvalue weighted by atomic mass is 32.2. The molecule has 10 nitrogen and oxygen atoms in total. The molecule has 40 heavy (non-hydrogen) atoms. The Morgan fingerprint density at radius 2 is 1.70 bits per heavy atom. The van der Waals surface area contributed by atoms with E-state index in [4.69, 9.17) is 18.4 Å². The Morgan fingerprint density at radius 1 is 0.925 bits per heavy atom. The first kappa shape index (κ1) is 28.7. The van der Waals surface area contributed by atoms with Crippen molar-refractivity contribution in [2.45, 2.75) is 25.0 Å². The van der Waals surface area contributed by atoms with E-state index in [1.807, 2.05) is 6.92 Å². The predicted octanol–water partition coefficient (Wildman–Crippen LogP) is 3.94. The maximum absolute atomic E-state index is 12.7. The lowest BCUT2D eigenvalue weighted by atomic mass is 10.1. The summed E-state index contributed by atoms with van der Waals surface area (Å²) in [5.74, 6) is -0.0725. The molecule has 0 radical (unpaired) electrons. The summed E-state index contributed by atoms with van der Waals surface area (Å²) in [6.45, 7) is 1.70. The van der Waals surface area contributed by atoms with Crippen molar-refractivity contribution in [3.05, 3.63) is 111 Å². The Hall–Kier alpha value is -4.32. The lowest BCUT2D eigenvalue weighted by molar-refractivity contribution is 0.0515. The van der Waals surface area contributed by atoms with Crippen molar-refractivity contribution in [2.24, 2.45) is 0 Å². The Morgan fingerprint density at radius 3 is 2.42 bits per heavy atom. The molecule has 0 saturated carbocycles. The van der Waals surface area contributed by atoms with Crippen molar-refractivity contribution in [3.63, 3.8) is 0 Å². The minimum absolute atomic E-state index is 0.0371. The van der Waals surface area contributed by atoms with E-state index in [2.05, 4.69) is 5.10 Å². The van der Waals surface area contributed by atoms with Gasteiger partial charge in [-0.3, -0.25) is 8.98 Å². The molecule has 3 aromatic carbocycles. The van der Waals surface area contributed by atoms with Gasteiger partial charge in [-0.1, -0.05) is 35.9 Å². The molecule has 0 bridgehead atoms. The molecule has 0 aliphatic heterocycles. The van der Waals surface area contributed by atoms with Gasteiger partial charge in [0.25, 0.3) is 15.7 Å². The number of rotatable bonds is 11. The smallest absolute Gasteiger partial charge is 0.337 e. The molecular weight excluding hydrogens is 536 g/mol. The maximum atomic E-state index is 12.7. The monoisotopic (exact) mass is 564 g/mol. The number of methoxy groups -OCH3 is 2. The molecule has 1 aromatic heterocycles. The minimum atomic E-state index is -3.98. The van der Waals surface area contributed by atoms with E-state index in [9.17, 15) is 18.0 Å². The first-order valence-corrected chi connectivity index (χ1v) is 13.6. The minimum Gasteiger partial charge on any atom is -0.467 e. The van der Waals surface area contributed by atoms with Crippen molar-refractivity contribution in [3.8, 4) is 17.0 Å². The third-order valence-corrected chi connectivity index (χ3v) is 7.17. The first-order chi connectivity index (χ1) is 19.2. The van der Waals surface area contributed by atoms with Gasteiger partial charge in [0.05, 0.1) is 36.4 Å². The van der Waals surface area contributed by atoms with Gasteiger partial charge < -0.3 is 14.2 Å². The van der Waals surface area contributed by atoms with Crippen molar-refractivity contribution < 1.29 is 31.6 Å². The third kappa shape index (κ3) is 7.00. The summed E-state index contributed by atoms with van der Waals surface area (Å²) in [6.07, 6.45) is 0. The number of carbonyl (C=O) groups excluding carboxylic acids is 1. The lowest BCUT2D eigenvalue weighted by Gasteiger charge is -2.14. The van der Waals surface area contributed by atoms with E-state index in [0.717, 1.165) is 5.56 Å². The predicted molar refractivity (Wildman–Crippen MR) is 146 cm³/mol. The van der Waals surface area contributed by atoms with Crippen molar-refractivity contribution in [2.75, 3.05) is 21.0 Å².